The smallest absolute Gasteiger partial charge is 0.262 e. The largest absolute Gasteiger partial charge is 0.497 e. The lowest BCUT2D eigenvalue weighted by molar-refractivity contribution is -0.118. The second kappa shape index (κ2) is 9.23. The van der Waals surface area contributed by atoms with Crippen LogP contribution >= 0.6 is 0 Å². The van der Waals surface area contributed by atoms with Gasteiger partial charge in [0.2, 0.25) is 5.91 Å². The number of anilines is 2. The average molecular weight is 372 g/mol. The molecule has 0 aliphatic rings. The summed E-state index contributed by atoms with van der Waals surface area (Å²) in [6, 6.07) is 9.53. The normalized spacial score (nSPS) is 9.89. The molecule has 0 saturated carbocycles. The van der Waals surface area contributed by atoms with Crippen LogP contribution in [0.15, 0.2) is 36.4 Å². The SMILES string of the molecule is COc1ccc(OCC(=O)Nc2cc(NC(C)=O)ccc2OC)c(C=O)c1. The maximum Gasteiger partial charge on any atom is 0.262 e. The highest BCUT2D eigenvalue weighted by molar-refractivity contribution is 5.95. The number of hydrogen-bond acceptors (Lipinski definition) is 6. The second-order valence-electron chi connectivity index (χ2n) is 5.45. The van der Waals surface area contributed by atoms with Gasteiger partial charge in [0.05, 0.1) is 25.5 Å². The Kier molecular flexibility index (Phi) is 6.76. The van der Waals surface area contributed by atoms with Gasteiger partial charge in [-0.3, -0.25) is 14.4 Å². The Morgan fingerprint density at radius 2 is 1.74 bits per heavy atom. The van der Waals surface area contributed by atoms with Gasteiger partial charge < -0.3 is 24.8 Å². The molecule has 2 amide bonds. The molecule has 0 unspecified atom stereocenters. The molecule has 0 aliphatic carbocycles. The van der Waals surface area contributed by atoms with Crippen LogP contribution < -0.4 is 24.8 Å². The van der Waals surface area contributed by atoms with Gasteiger partial charge >= 0.3 is 0 Å². The van der Waals surface area contributed by atoms with Crippen molar-refractivity contribution in [1.82, 2.24) is 0 Å². The van der Waals surface area contributed by atoms with Crippen molar-refractivity contribution in [3.63, 3.8) is 0 Å². The van der Waals surface area contributed by atoms with E-state index in [1.807, 2.05) is 0 Å². The van der Waals surface area contributed by atoms with Gasteiger partial charge in [0.15, 0.2) is 12.9 Å². The minimum atomic E-state index is -0.457. The van der Waals surface area contributed by atoms with Crippen molar-refractivity contribution in [3.05, 3.63) is 42.0 Å². The zero-order valence-corrected chi connectivity index (χ0v) is 15.2. The Morgan fingerprint density at radius 3 is 2.37 bits per heavy atom. The molecule has 0 aliphatic heterocycles. The van der Waals surface area contributed by atoms with E-state index in [2.05, 4.69) is 10.6 Å². The maximum atomic E-state index is 12.2. The third-order valence-corrected chi connectivity index (χ3v) is 3.50. The molecule has 0 atom stereocenters. The van der Waals surface area contributed by atoms with E-state index in [9.17, 15) is 14.4 Å². The summed E-state index contributed by atoms with van der Waals surface area (Å²) in [7, 11) is 2.95. The molecule has 0 aromatic heterocycles. The average Bonchev–Trinajstić information content (AvgIpc) is 2.66. The van der Waals surface area contributed by atoms with Crippen molar-refractivity contribution < 1.29 is 28.6 Å². The van der Waals surface area contributed by atoms with E-state index in [0.717, 1.165) is 0 Å². The standard InChI is InChI=1S/C19H20N2O6/c1-12(23)20-14-4-6-18(26-3)16(9-14)21-19(24)11-27-17-7-5-15(25-2)8-13(17)10-22/h4-10H,11H2,1-3H3,(H,20,23)(H,21,24). The molecule has 27 heavy (non-hydrogen) atoms. The number of benzene rings is 2. The van der Waals surface area contributed by atoms with Crippen molar-refractivity contribution in [2.45, 2.75) is 6.92 Å². The van der Waals surface area contributed by atoms with Gasteiger partial charge in [-0.1, -0.05) is 0 Å². The van der Waals surface area contributed by atoms with E-state index >= 15 is 0 Å². The molecule has 2 rings (SSSR count). The number of aldehydes is 1. The molecule has 2 N–H and O–H groups in total. The van der Waals surface area contributed by atoms with E-state index in [1.54, 1.807) is 30.3 Å². The highest BCUT2D eigenvalue weighted by Crippen LogP contribution is 2.28. The van der Waals surface area contributed by atoms with Crippen LogP contribution in [-0.4, -0.2) is 38.9 Å². The number of amides is 2. The fourth-order valence-electron chi connectivity index (χ4n) is 2.29. The molecule has 8 nitrogen and oxygen atoms in total. The highest BCUT2D eigenvalue weighted by Gasteiger charge is 2.12. The van der Waals surface area contributed by atoms with E-state index in [0.29, 0.717) is 29.2 Å². The Morgan fingerprint density at radius 1 is 1.00 bits per heavy atom. The third-order valence-electron chi connectivity index (χ3n) is 3.50. The van der Waals surface area contributed by atoms with Crippen molar-refractivity contribution in [2.24, 2.45) is 0 Å². The molecule has 2 aromatic rings. The van der Waals surface area contributed by atoms with E-state index in [1.165, 1.54) is 27.2 Å². The fourth-order valence-corrected chi connectivity index (χ4v) is 2.29. The lowest BCUT2D eigenvalue weighted by Gasteiger charge is -2.13. The van der Waals surface area contributed by atoms with Crippen LogP contribution in [0.25, 0.3) is 0 Å². The van der Waals surface area contributed by atoms with Gasteiger partial charge in [-0.15, -0.1) is 0 Å². The summed E-state index contributed by atoms with van der Waals surface area (Å²) in [6.45, 7) is 1.07. The van der Waals surface area contributed by atoms with Crippen molar-refractivity contribution in [2.75, 3.05) is 31.5 Å². The first kappa shape index (κ1) is 19.8. The molecule has 8 heteroatoms. The van der Waals surface area contributed by atoms with E-state index in [-0.39, 0.29) is 23.8 Å². The minimum Gasteiger partial charge on any atom is -0.497 e. The number of hydrogen-bond donors (Lipinski definition) is 2. The first-order valence-corrected chi connectivity index (χ1v) is 7.98. The van der Waals surface area contributed by atoms with Crippen molar-refractivity contribution in [1.29, 1.82) is 0 Å². The first-order chi connectivity index (χ1) is 13.0. The minimum absolute atomic E-state index is 0.235. The van der Waals surface area contributed by atoms with Gasteiger partial charge in [-0.25, -0.2) is 0 Å². The predicted molar refractivity (Wildman–Crippen MR) is 99.8 cm³/mol. The lowest BCUT2D eigenvalue weighted by Crippen LogP contribution is -2.21. The van der Waals surface area contributed by atoms with Crippen LogP contribution in [0, 0.1) is 0 Å². The molecule has 0 fully saturated rings. The van der Waals surface area contributed by atoms with Crippen molar-refractivity contribution in [3.8, 4) is 17.2 Å². The fraction of sp³-hybridized carbons (Fsp3) is 0.211. The molecule has 142 valence electrons. The molecule has 2 aromatic carbocycles. The summed E-state index contributed by atoms with van der Waals surface area (Å²) in [4.78, 5) is 34.6. The Labute approximate surface area is 156 Å². The maximum absolute atomic E-state index is 12.2. The van der Waals surface area contributed by atoms with Crippen LogP contribution in [0.2, 0.25) is 0 Å². The zero-order valence-electron chi connectivity index (χ0n) is 15.2. The zero-order chi connectivity index (χ0) is 19.8. The third kappa shape index (κ3) is 5.46. The van der Waals surface area contributed by atoms with Gasteiger partial charge in [0.1, 0.15) is 17.2 Å². The Bertz CT molecular complexity index is 850. The van der Waals surface area contributed by atoms with Gasteiger partial charge in [-0.2, -0.15) is 0 Å². The van der Waals surface area contributed by atoms with Crippen LogP contribution in [0.5, 0.6) is 17.2 Å². The van der Waals surface area contributed by atoms with Crippen LogP contribution in [0.4, 0.5) is 11.4 Å². The first-order valence-electron chi connectivity index (χ1n) is 7.98. The summed E-state index contributed by atoms with van der Waals surface area (Å²) in [5.74, 6) is 0.506. The number of ether oxygens (including phenoxy) is 3. The Balaban J connectivity index is 2.07. The molecular formula is C19H20N2O6. The predicted octanol–water partition coefficient (Wildman–Crippen LogP) is 2.49. The lowest BCUT2D eigenvalue weighted by atomic mass is 10.2. The number of rotatable bonds is 8. The number of nitrogens with one attached hydrogen (secondary N) is 2. The van der Waals surface area contributed by atoms with Crippen LogP contribution in [-0.2, 0) is 9.59 Å². The quantitative estimate of drug-likeness (QED) is 0.690. The van der Waals surface area contributed by atoms with E-state index < -0.39 is 5.91 Å². The topological polar surface area (TPSA) is 103 Å². The second-order valence-corrected chi connectivity index (χ2v) is 5.45. The molecule has 0 bridgehead atoms. The van der Waals surface area contributed by atoms with Gasteiger partial charge in [0.25, 0.3) is 5.91 Å². The molecular weight excluding hydrogens is 352 g/mol. The molecule has 0 spiro atoms. The molecule has 0 heterocycles. The van der Waals surface area contributed by atoms with Gasteiger partial charge in [-0.05, 0) is 36.4 Å². The number of methoxy groups -OCH3 is 2. The summed E-state index contributed by atoms with van der Waals surface area (Å²) in [5.41, 5.74) is 1.16. The summed E-state index contributed by atoms with van der Waals surface area (Å²) >= 11 is 0. The van der Waals surface area contributed by atoms with Crippen LogP contribution in [0.1, 0.15) is 17.3 Å². The monoisotopic (exact) mass is 372 g/mol. The van der Waals surface area contributed by atoms with E-state index in [4.69, 9.17) is 14.2 Å². The molecule has 0 radical (unpaired) electrons. The summed E-state index contributed by atoms with van der Waals surface area (Å²) < 4.78 is 15.7. The van der Waals surface area contributed by atoms with Crippen molar-refractivity contribution >= 4 is 29.5 Å². The Hall–Kier alpha value is -3.55. The summed E-state index contributed by atoms with van der Waals surface area (Å²) in [6.07, 6.45) is 0.621. The van der Waals surface area contributed by atoms with Gasteiger partial charge in [0, 0.05) is 12.6 Å². The molecule has 0 saturated heterocycles. The van der Waals surface area contributed by atoms with Crippen LogP contribution in [0.3, 0.4) is 0 Å². The summed E-state index contributed by atoms with van der Waals surface area (Å²) in [5, 5.41) is 5.28. The number of carbonyl (C=O) groups excluding carboxylic acids is 3. The number of carbonyl (C=O) groups is 3. The highest BCUT2D eigenvalue weighted by atomic mass is 16.5.